The number of hydrogen-bond acceptors (Lipinski definition) is 6. The van der Waals surface area contributed by atoms with E-state index >= 15 is 0 Å². The van der Waals surface area contributed by atoms with E-state index in [2.05, 4.69) is 15.5 Å². The predicted molar refractivity (Wildman–Crippen MR) is 87.9 cm³/mol. The van der Waals surface area contributed by atoms with Gasteiger partial charge < -0.3 is 19.3 Å². The van der Waals surface area contributed by atoms with Gasteiger partial charge in [0.2, 0.25) is 11.7 Å². The zero-order chi connectivity index (χ0) is 16.1. The van der Waals surface area contributed by atoms with Crippen molar-refractivity contribution in [1.82, 2.24) is 15.5 Å². The molecule has 8 heteroatoms. The number of hydrogen-bond donors (Lipinski definition) is 1. The Morgan fingerprint density at radius 2 is 2.12 bits per heavy atom. The second kappa shape index (κ2) is 8.41. The van der Waals surface area contributed by atoms with Crippen LogP contribution in [0.3, 0.4) is 0 Å². The molecule has 6 nitrogen and oxygen atoms in total. The largest absolute Gasteiger partial charge is 0.485 e. The van der Waals surface area contributed by atoms with Crippen molar-refractivity contribution in [2.45, 2.75) is 24.9 Å². The van der Waals surface area contributed by atoms with Gasteiger partial charge in [0, 0.05) is 13.2 Å². The first-order valence-corrected chi connectivity index (χ1v) is 7.63. The second-order valence-electron chi connectivity index (χ2n) is 5.73. The van der Waals surface area contributed by atoms with E-state index in [9.17, 15) is 4.39 Å². The van der Waals surface area contributed by atoms with Crippen LogP contribution in [0, 0.1) is 5.82 Å². The van der Waals surface area contributed by atoms with E-state index in [1.165, 1.54) is 12.1 Å². The molecule has 1 aromatic carbocycles. The van der Waals surface area contributed by atoms with Gasteiger partial charge in [0.25, 0.3) is 0 Å². The first-order valence-electron chi connectivity index (χ1n) is 7.63. The number of ether oxygens (including phenoxy) is 2. The lowest BCUT2D eigenvalue weighted by atomic mass is 9.79. The van der Waals surface area contributed by atoms with Gasteiger partial charge in [-0.1, -0.05) is 11.2 Å². The van der Waals surface area contributed by atoms with Crippen LogP contribution in [0.4, 0.5) is 4.39 Å². The quantitative estimate of drug-likeness (QED) is 0.856. The molecule has 1 N–H and O–H groups in total. The van der Waals surface area contributed by atoms with Crippen LogP contribution in [0.1, 0.15) is 24.6 Å². The zero-order valence-electron chi connectivity index (χ0n) is 13.5. The van der Waals surface area contributed by atoms with Gasteiger partial charge in [-0.05, 0) is 38.1 Å². The molecular weight excluding hydrogens is 337 g/mol. The Balaban J connectivity index is 0.00000208. The maximum atomic E-state index is 13.1. The topological polar surface area (TPSA) is 69.4 Å². The van der Waals surface area contributed by atoms with Crippen molar-refractivity contribution in [2.24, 2.45) is 0 Å². The third kappa shape index (κ3) is 4.23. The summed E-state index contributed by atoms with van der Waals surface area (Å²) in [7, 11) is 1.67. The van der Waals surface area contributed by atoms with E-state index in [4.69, 9.17) is 14.0 Å². The number of rotatable bonds is 6. The molecule has 2 heterocycles. The van der Waals surface area contributed by atoms with Gasteiger partial charge in [0.1, 0.15) is 11.6 Å². The molecule has 3 rings (SSSR count). The summed E-state index contributed by atoms with van der Waals surface area (Å²) < 4.78 is 29.4. The van der Waals surface area contributed by atoms with E-state index in [0.717, 1.165) is 25.9 Å². The van der Waals surface area contributed by atoms with E-state index < -0.39 is 0 Å². The Morgan fingerprint density at radius 1 is 1.33 bits per heavy atom. The lowest BCUT2D eigenvalue weighted by Gasteiger charge is -2.33. The average Bonchev–Trinajstić information content (AvgIpc) is 3.04. The molecule has 1 aliphatic rings. The summed E-state index contributed by atoms with van der Waals surface area (Å²) in [6.07, 6.45) is 1.76. The molecule has 0 amide bonds. The van der Waals surface area contributed by atoms with Gasteiger partial charge in [0.05, 0.1) is 12.0 Å². The molecular formula is C16H21ClFN3O3. The van der Waals surface area contributed by atoms with Crippen molar-refractivity contribution >= 4 is 12.4 Å². The second-order valence-corrected chi connectivity index (χ2v) is 5.73. The minimum Gasteiger partial charge on any atom is -0.485 e. The summed E-state index contributed by atoms with van der Waals surface area (Å²) in [4.78, 5) is 4.46. The summed E-state index contributed by atoms with van der Waals surface area (Å²) in [6, 6.07) is 5.96. The highest BCUT2D eigenvalue weighted by atomic mass is 35.5. The summed E-state index contributed by atoms with van der Waals surface area (Å²) in [5.74, 6) is 1.12. The molecule has 1 aliphatic heterocycles. The maximum absolute atomic E-state index is 13.1. The van der Waals surface area contributed by atoms with Crippen LogP contribution >= 0.6 is 12.4 Å². The Labute approximate surface area is 146 Å². The summed E-state index contributed by atoms with van der Waals surface area (Å²) in [5.41, 5.74) is -0.246. The lowest BCUT2D eigenvalue weighted by Crippen LogP contribution is -2.43. The molecule has 0 atom stereocenters. The molecule has 0 unspecified atom stereocenters. The van der Waals surface area contributed by atoms with Crippen molar-refractivity contribution in [1.29, 1.82) is 0 Å². The molecule has 0 aliphatic carbocycles. The van der Waals surface area contributed by atoms with Crippen LogP contribution in [-0.2, 0) is 16.8 Å². The first-order chi connectivity index (χ1) is 11.2. The van der Waals surface area contributed by atoms with Gasteiger partial charge in [-0.15, -0.1) is 12.4 Å². The number of nitrogens with one attached hydrogen (secondary N) is 1. The van der Waals surface area contributed by atoms with Gasteiger partial charge in [-0.3, -0.25) is 0 Å². The maximum Gasteiger partial charge on any atom is 0.235 e. The number of methoxy groups -OCH3 is 1. The Hall–Kier alpha value is -1.70. The minimum absolute atomic E-state index is 0. The Morgan fingerprint density at radius 3 is 2.83 bits per heavy atom. The molecule has 0 radical (unpaired) electrons. The standard InChI is InChI=1S/C16H20FN3O3.ClH/c1-21-11-16(5-7-18-8-6-16)15-19-14(20-23-15)10-22-13-4-2-3-12(17)9-13;/h2-4,9,18H,5-8,10-11H2,1H3;1H. The van der Waals surface area contributed by atoms with Crippen LogP contribution in [0.5, 0.6) is 5.75 Å². The average molecular weight is 358 g/mol. The molecule has 1 saturated heterocycles. The smallest absolute Gasteiger partial charge is 0.235 e. The fourth-order valence-electron chi connectivity index (χ4n) is 2.83. The van der Waals surface area contributed by atoms with E-state index in [-0.39, 0.29) is 30.2 Å². The summed E-state index contributed by atoms with van der Waals surface area (Å²) >= 11 is 0. The minimum atomic E-state index is -0.343. The van der Waals surface area contributed by atoms with Gasteiger partial charge in [-0.2, -0.15) is 4.98 Å². The van der Waals surface area contributed by atoms with Gasteiger partial charge >= 0.3 is 0 Å². The van der Waals surface area contributed by atoms with Crippen LogP contribution in [0.15, 0.2) is 28.8 Å². The molecule has 0 saturated carbocycles. The Bertz CT molecular complexity index is 641. The van der Waals surface area contributed by atoms with E-state index in [1.54, 1.807) is 19.2 Å². The lowest BCUT2D eigenvalue weighted by molar-refractivity contribution is 0.0849. The van der Waals surface area contributed by atoms with Crippen LogP contribution < -0.4 is 10.1 Å². The van der Waals surface area contributed by atoms with E-state index in [1.807, 2.05) is 0 Å². The molecule has 1 aromatic heterocycles. The van der Waals surface area contributed by atoms with Crippen LogP contribution in [0.25, 0.3) is 0 Å². The summed E-state index contributed by atoms with van der Waals surface area (Å²) in [5, 5.41) is 7.30. The Kier molecular flexibility index (Phi) is 6.53. The van der Waals surface area contributed by atoms with Crippen molar-refractivity contribution < 1.29 is 18.4 Å². The third-order valence-electron chi connectivity index (χ3n) is 4.07. The van der Waals surface area contributed by atoms with E-state index in [0.29, 0.717) is 24.1 Å². The SMILES string of the molecule is COCC1(c2nc(COc3cccc(F)c3)no2)CCNCC1.Cl. The van der Waals surface area contributed by atoms with Crippen LogP contribution in [0.2, 0.25) is 0 Å². The molecule has 2 aromatic rings. The predicted octanol–water partition coefficient (Wildman–Crippen LogP) is 2.48. The van der Waals surface area contributed by atoms with Gasteiger partial charge in [-0.25, -0.2) is 4.39 Å². The number of halogens is 2. The molecule has 132 valence electrons. The summed E-state index contributed by atoms with van der Waals surface area (Å²) in [6.45, 7) is 2.46. The number of benzene rings is 1. The normalized spacial score (nSPS) is 16.4. The fourth-order valence-corrected chi connectivity index (χ4v) is 2.83. The number of aromatic nitrogens is 2. The highest BCUT2D eigenvalue weighted by Crippen LogP contribution is 2.32. The van der Waals surface area contributed by atoms with Crippen molar-refractivity contribution in [3.05, 3.63) is 41.8 Å². The van der Waals surface area contributed by atoms with Crippen molar-refractivity contribution in [2.75, 3.05) is 26.8 Å². The zero-order valence-corrected chi connectivity index (χ0v) is 14.3. The monoisotopic (exact) mass is 357 g/mol. The first kappa shape index (κ1) is 18.6. The molecule has 0 spiro atoms. The van der Waals surface area contributed by atoms with Crippen molar-refractivity contribution in [3.8, 4) is 5.75 Å². The van der Waals surface area contributed by atoms with Crippen LogP contribution in [-0.4, -0.2) is 36.9 Å². The third-order valence-corrected chi connectivity index (χ3v) is 4.07. The molecule has 0 bridgehead atoms. The fraction of sp³-hybridized carbons (Fsp3) is 0.500. The molecule has 24 heavy (non-hydrogen) atoms. The van der Waals surface area contributed by atoms with Gasteiger partial charge in [0.15, 0.2) is 6.61 Å². The van der Waals surface area contributed by atoms with Crippen molar-refractivity contribution in [3.63, 3.8) is 0 Å². The number of piperidine rings is 1. The number of nitrogens with zero attached hydrogens (tertiary/aromatic N) is 2. The highest BCUT2D eigenvalue weighted by molar-refractivity contribution is 5.85. The molecule has 1 fully saturated rings. The highest BCUT2D eigenvalue weighted by Gasteiger charge is 2.39.